The first kappa shape index (κ1) is 17.7. The van der Waals surface area contributed by atoms with Gasteiger partial charge < -0.3 is 19.0 Å². The van der Waals surface area contributed by atoms with Crippen LogP contribution in [-0.4, -0.2) is 60.5 Å². The number of piperazine rings is 1. The summed E-state index contributed by atoms with van der Waals surface area (Å²) in [5.41, 5.74) is 4.62. The number of furan rings is 1. The van der Waals surface area contributed by atoms with Gasteiger partial charge in [-0.3, -0.25) is 9.59 Å². The zero-order chi connectivity index (χ0) is 19.1. The lowest BCUT2D eigenvalue weighted by molar-refractivity contribution is -0.145. The number of benzene rings is 1. The van der Waals surface area contributed by atoms with Crippen LogP contribution >= 0.6 is 0 Å². The van der Waals surface area contributed by atoms with Gasteiger partial charge in [-0.05, 0) is 55.4 Å². The topological polar surface area (TPSA) is 63.0 Å². The van der Waals surface area contributed by atoms with Crippen LogP contribution < -0.4 is 0 Å². The van der Waals surface area contributed by atoms with Crippen molar-refractivity contribution in [3.8, 4) is 0 Å². The van der Waals surface area contributed by atoms with E-state index in [1.807, 2.05) is 9.80 Å². The molecule has 0 spiro atoms. The highest BCUT2D eigenvalue weighted by Crippen LogP contribution is 2.30. The van der Waals surface area contributed by atoms with E-state index in [0.717, 1.165) is 42.2 Å². The summed E-state index contributed by atoms with van der Waals surface area (Å²) in [4.78, 5) is 29.0. The first-order chi connectivity index (χ1) is 13.7. The van der Waals surface area contributed by atoms with Crippen LogP contribution in [0.25, 0.3) is 11.0 Å². The van der Waals surface area contributed by atoms with Crippen molar-refractivity contribution in [3.05, 3.63) is 35.1 Å². The fraction of sp³-hybridized carbons (Fsp3) is 0.545. The van der Waals surface area contributed by atoms with Crippen molar-refractivity contribution in [2.75, 3.05) is 32.8 Å². The Bertz CT molecular complexity index is 905. The normalized spacial score (nSPS) is 22.1. The molecule has 1 atom stereocenters. The molecule has 0 N–H and O–H groups in total. The molecular formula is C22H26N2O4. The predicted octanol–water partition coefficient (Wildman–Crippen LogP) is 2.31. The zero-order valence-corrected chi connectivity index (χ0v) is 16.1. The van der Waals surface area contributed by atoms with Crippen molar-refractivity contribution in [1.82, 2.24) is 9.80 Å². The SMILES string of the molecule is O=C(Cc1coc2cc3c(cc12)CCC3)N1CCN(C(=O)C2CCCO2)CC1. The Morgan fingerprint density at radius 3 is 2.50 bits per heavy atom. The van der Waals surface area contributed by atoms with Crippen LogP contribution in [0.5, 0.6) is 0 Å². The first-order valence-electron chi connectivity index (χ1n) is 10.4. The van der Waals surface area contributed by atoms with Gasteiger partial charge in [0, 0.05) is 43.7 Å². The summed E-state index contributed by atoms with van der Waals surface area (Å²) in [5.74, 6) is 0.187. The van der Waals surface area contributed by atoms with E-state index in [0.29, 0.717) is 39.2 Å². The summed E-state index contributed by atoms with van der Waals surface area (Å²) in [6.45, 7) is 3.02. The molecule has 2 fully saturated rings. The maximum absolute atomic E-state index is 12.8. The van der Waals surface area contributed by atoms with Gasteiger partial charge in [0.15, 0.2) is 0 Å². The second-order valence-corrected chi connectivity index (χ2v) is 8.12. The van der Waals surface area contributed by atoms with Gasteiger partial charge in [0.05, 0.1) is 12.7 Å². The van der Waals surface area contributed by atoms with Gasteiger partial charge in [0.2, 0.25) is 5.91 Å². The smallest absolute Gasteiger partial charge is 0.251 e. The molecule has 3 heterocycles. The summed E-state index contributed by atoms with van der Waals surface area (Å²) in [5, 5.41) is 1.07. The van der Waals surface area contributed by atoms with E-state index >= 15 is 0 Å². The van der Waals surface area contributed by atoms with E-state index in [-0.39, 0.29) is 17.9 Å². The third kappa shape index (κ3) is 3.20. The van der Waals surface area contributed by atoms with E-state index in [9.17, 15) is 9.59 Å². The Labute approximate surface area is 164 Å². The maximum Gasteiger partial charge on any atom is 0.251 e. The maximum atomic E-state index is 12.8. The summed E-state index contributed by atoms with van der Waals surface area (Å²) in [6.07, 6.45) is 7.01. The van der Waals surface area contributed by atoms with Gasteiger partial charge >= 0.3 is 0 Å². The largest absolute Gasteiger partial charge is 0.464 e. The number of carbonyl (C=O) groups is 2. The molecule has 0 bridgehead atoms. The molecule has 2 saturated heterocycles. The molecule has 2 amide bonds. The molecule has 148 valence electrons. The molecule has 28 heavy (non-hydrogen) atoms. The second-order valence-electron chi connectivity index (χ2n) is 8.12. The number of rotatable bonds is 3. The fourth-order valence-electron chi connectivity index (χ4n) is 4.71. The Balaban J connectivity index is 1.22. The zero-order valence-electron chi connectivity index (χ0n) is 16.1. The van der Waals surface area contributed by atoms with Crippen LogP contribution in [0.1, 0.15) is 36.0 Å². The molecule has 5 rings (SSSR count). The van der Waals surface area contributed by atoms with Crippen molar-refractivity contribution < 1.29 is 18.7 Å². The third-order valence-electron chi connectivity index (χ3n) is 6.36. The number of ether oxygens (including phenoxy) is 1. The van der Waals surface area contributed by atoms with Crippen molar-refractivity contribution in [2.24, 2.45) is 0 Å². The lowest BCUT2D eigenvalue weighted by Gasteiger charge is -2.35. The highest BCUT2D eigenvalue weighted by molar-refractivity contribution is 5.89. The Morgan fingerprint density at radius 2 is 1.75 bits per heavy atom. The Morgan fingerprint density at radius 1 is 1.00 bits per heavy atom. The molecule has 6 nitrogen and oxygen atoms in total. The number of amides is 2. The summed E-state index contributed by atoms with van der Waals surface area (Å²) < 4.78 is 11.2. The molecular weight excluding hydrogens is 356 g/mol. The highest BCUT2D eigenvalue weighted by atomic mass is 16.5. The van der Waals surface area contributed by atoms with Crippen LogP contribution in [0.3, 0.4) is 0 Å². The number of aryl methyl sites for hydroxylation is 2. The van der Waals surface area contributed by atoms with Crippen molar-refractivity contribution in [3.63, 3.8) is 0 Å². The van der Waals surface area contributed by atoms with E-state index < -0.39 is 0 Å². The minimum atomic E-state index is -0.277. The first-order valence-corrected chi connectivity index (χ1v) is 10.4. The number of hydrogen-bond acceptors (Lipinski definition) is 4. The minimum absolute atomic E-state index is 0.0827. The molecule has 6 heteroatoms. The van der Waals surface area contributed by atoms with E-state index in [1.165, 1.54) is 17.5 Å². The average molecular weight is 382 g/mol. The van der Waals surface area contributed by atoms with Gasteiger partial charge in [-0.25, -0.2) is 0 Å². The number of hydrogen-bond donors (Lipinski definition) is 0. The third-order valence-corrected chi connectivity index (χ3v) is 6.36. The van der Waals surface area contributed by atoms with Gasteiger partial charge in [-0.15, -0.1) is 0 Å². The monoisotopic (exact) mass is 382 g/mol. The predicted molar refractivity (Wildman–Crippen MR) is 104 cm³/mol. The van der Waals surface area contributed by atoms with Gasteiger partial charge in [0.1, 0.15) is 11.7 Å². The quantitative estimate of drug-likeness (QED) is 0.817. The fourth-order valence-corrected chi connectivity index (χ4v) is 4.71. The number of fused-ring (bicyclic) bond motifs is 2. The average Bonchev–Trinajstić information content (AvgIpc) is 3.47. The van der Waals surface area contributed by atoms with E-state index in [2.05, 4.69) is 12.1 Å². The number of nitrogens with zero attached hydrogens (tertiary/aromatic N) is 2. The summed E-state index contributed by atoms with van der Waals surface area (Å²) in [6, 6.07) is 4.35. The van der Waals surface area contributed by atoms with Crippen molar-refractivity contribution >= 4 is 22.8 Å². The van der Waals surface area contributed by atoms with Gasteiger partial charge in [-0.1, -0.05) is 0 Å². The van der Waals surface area contributed by atoms with Crippen LogP contribution in [0.4, 0.5) is 0 Å². The lowest BCUT2D eigenvalue weighted by atomic mass is 10.0. The highest BCUT2D eigenvalue weighted by Gasteiger charge is 2.31. The molecule has 0 radical (unpaired) electrons. The number of carbonyl (C=O) groups excluding carboxylic acids is 2. The molecule has 1 aromatic carbocycles. The van der Waals surface area contributed by atoms with Crippen LogP contribution in [0, 0.1) is 0 Å². The van der Waals surface area contributed by atoms with Crippen LogP contribution in [-0.2, 0) is 33.6 Å². The molecule has 1 aliphatic carbocycles. The van der Waals surface area contributed by atoms with Gasteiger partial charge in [0.25, 0.3) is 5.91 Å². The Kier molecular flexibility index (Phi) is 4.59. The van der Waals surface area contributed by atoms with E-state index in [4.69, 9.17) is 9.15 Å². The molecule has 2 aromatic rings. The van der Waals surface area contributed by atoms with Crippen LogP contribution in [0.15, 0.2) is 22.8 Å². The van der Waals surface area contributed by atoms with Crippen LogP contribution in [0.2, 0.25) is 0 Å². The lowest BCUT2D eigenvalue weighted by Crippen LogP contribution is -2.53. The molecule has 3 aliphatic rings. The molecule has 1 unspecified atom stereocenters. The summed E-state index contributed by atoms with van der Waals surface area (Å²) in [7, 11) is 0. The van der Waals surface area contributed by atoms with E-state index in [1.54, 1.807) is 6.26 Å². The van der Waals surface area contributed by atoms with Crippen molar-refractivity contribution in [1.29, 1.82) is 0 Å². The molecule has 1 aromatic heterocycles. The van der Waals surface area contributed by atoms with Crippen molar-refractivity contribution in [2.45, 2.75) is 44.6 Å². The Hall–Kier alpha value is -2.34. The molecule has 2 aliphatic heterocycles. The second kappa shape index (κ2) is 7.24. The molecule has 0 saturated carbocycles. The standard InChI is InChI=1S/C22H26N2O4/c25-21(23-6-8-24(9-7-23)22(26)19-5-2-10-27-19)13-17-14-28-20-12-16-4-1-3-15(16)11-18(17)20/h11-12,14,19H,1-10,13H2. The minimum Gasteiger partial charge on any atom is -0.464 e. The summed E-state index contributed by atoms with van der Waals surface area (Å²) >= 11 is 0. The van der Waals surface area contributed by atoms with Gasteiger partial charge in [-0.2, -0.15) is 0 Å².